The van der Waals surface area contributed by atoms with Crippen LogP contribution in [-0.4, -0.2) is 25.9 Å². The number of nitrogens with zero attached hydrogens (tertiary/aromatic N) is 3. The lowest BCUT2D eigenvalue weighted by Gasteiger charge is -2.12. The maximum absolute atomic E-state index is 13.5. The standard InChI is InChI=1S/C29H17F6N3O4/c30-28(31,32)17-6-2-7-19(13-17)38-23-14-18(29(33,34)35)10-11-21(23)24(26(38)40)37-36-22-9-3-8-20(25(22)39)15-4-1-5-16(12-15)27(41)42/h1-14,39-40H,(H,41,42). The lowest BCUT2D eigenvalue weighted by Crippen LogP contribution is -2.07. The molecule has 0 saturated carbocycles. The van der Waals surface area contributed by atoms with E-state index in [1.165, 1.54) is 42.5 Å². The number of hydrogen-bond donors (Lipinski definition) is 3. The van der Waals surface area contributed by atoms with E-state index in [-0.39, 0.29) is 39.1 Å². The van der Waals surface area contributed by atoms with Crippen LogP contribution in [0.15, 0.2) is 95.2 Å². The summed E-state index contributed by atoms with van der Waals surface area (Å²) in [6.45, 7) is 0. The predicted molar refractivity (Wildman–Crippen MR) is 140 cm³/mol. The number of rotatable bonds is 5. The fourth-order valence-corrected chi connectivity index (χ4v) is 4.38. The molecular weight excluding hydrogens is 568 g/mol. The first kappa shape index (κ1) is 28.2. The first-order chi connectivity index (χ1) is 19.8. The molecule has 0 saturated heterocycles. The molecule has 0 aliphatic heterocycles. The summed E-state index contributed by atoms with van der Waals surface area (Å²) in [5, 5.41) is 39.0. The van der Waals surface area contributed by atoms with Crippen LogP contribution in [0, 0.1) is 0 Å². The molecule has 0 aliphatic carbocycles. The van der Waals surface area contributed by atoms with Gasteiger partial charge >= 0.3 is 18.3 Å². The Morgan fingerprint density at radius 3 is 2.10 bits per heavy atom. The van der Waals surface area contributed by atoms with Crippen molar-refractivity contribution >= 4 is 28.2 Å². The number of phenolic OH excluding ortho intramolecular Hbond substituents is 1. The van der Waals surface area contributed by atoms with Crippen molar-refractivity contribution in [2.45, 2.75) is 12.4 Å². The van der Waals surface area contributed by atoms with E-state index in [9.17, 15) is 46.5 Å². The Morgan fingerprint density at radius 2 is 1.40 bits per heavy atom. The Balaban J connectivity index is 1.66. The Morgan fingerprint density at radius 1 is 0.738 bits per heavy atom. The van der Waals surface area contributed by atoms with E-state index in [1.54, 1.807) is 6.07 Å². The van der Waals surface area contributed by atoms with Crippen molar-refractivity contribution in [1.82, 2.24) is 4.57 Å². The fraction of sp³-hybridized carbons (Fsp3) is 0.0690. The number of para-hydroxylation sites is 1. The van der Waals surface area contributed by atoms with Gasteiger partial charge in [-0.1, -0.05) is 30.3 Å². The molecule has 3 N–H and O–H groups in total. The molecule has 0 unspecified atom stereocenters. The van der Waals surface area contributed by atoms with Gasteiger partial charge in [-0.05, 0) is 60.2 Å². The largest absolute Gasteiger partial charge is 0.505 e. The van der Waals surface area contributed by atoms with Crippen molar-refractivity contribution in [1.29, 1.82) is 0 Å². The van der Waals surface area contributed by atoms with E-state index in [4.69, 9.17) is 0 Å². The average molecular weight is 585 g/mol. The number of alkyl halides is 6. The van der Waals surface area contributed by atoms with Crippen LogP contribution >= 0.6 is 0 Å². The summed E-state index contributed by atoms with van der Waals surface area (Å²) >= 11 is 0. The van der Waals surface area contributed by atoms with Gasteiger partial charge in [0.1, 0.15) is 5.69 Å². The van der Waals surface area contributed by atoms with Crippen LogP contribution in [0.5, 0.6) is 11.6 Å². The van der Waals surface area contributed by atoms with Crippen LogP contribution in [0.4, 0.5) is 37.7 Å². The molecule has 13 heteroatoms. The van der Waals surface area contributed by atoms with Gasteiger partial charge in [0.05, 0.1) is 22.2 Å². The fourth-order valence-electron chi connectivity index (χ4n) is 4.38. The van der Waals surface area contributed by atoms with Gasteiger partial charge in [-0.3, -0.25) is 4.57 Å². The molecule has 1 aromatic heterocycles. The number of benzene rings is 4. The van der Waals surface area contributed by atoms with E-state index >= 15 is 0 Å². The highest BCUT2D eigenvalue weighted by Gasteiger charge is 2.33. The third-order valence-electron chi connectivity index (χ3n) is 6.37. The number of carboxylic acids is 1. The topological polar surface area (TPSA) is 107 Å². The monoisotopic (exact) mass is 585 g/mol. The molecule has 4 aromatic carbocycles. The van der Waals surface area contributed by atoms with Gasteiger partial charge in [0.2, 0.25) is 5.88 Å². The molecule has 0 aliphatic rings. The molecule has 1 heterocycles. The van der Waals surface area contributed by atoms with Crippen LogP contribution in [-0.2, 0) is 12.4 Å². The van der Waals surface area contributed by atoms with Gasteiger partial charge in [0.25, 0.3) is 0 Å². The van der Waals surface area contributed by atoms with Gasteiger partial charge in [-0.25, -0.2) is 4.79 Å². The maximum Gasteiger partial charge on any atom is 0.416 e. The molecule has 214 valence electrons. The molecule has 0 bridgehead atoms. The SMILES string of the molecule is O=C(O)c1cccc(-c2cccc(N=Nc3c(O)n(-c4cccc(C(F)(F)F)c4)c4cc(C(F)(F)F)ccc34)c2O)c1. The van der Waals surface area contributed by atoms with Gasteiger partial charge in [-0.2, -0.15) is 26.3 Å². The van der Waals surface area contributed by atoms with Crippen LogP contribution in [0.25, 0.3) is 27.7 Å². The first-order valence-electron chi connectivity index (χ1n) is 12.0. The number of fused-ring (bicyclic) bond motifs is 1. The minimum atomic E-state index is -4.79. The molecule has 0 atom stereocenters. The highest BCUT2D eigenvalue weighted by Crippen LogP contribution is 2.45. The smallest absolute Gasteiger partial charge is 0.416 e. The van der Waals surface area contributed by atoms with Gasteiger partial charge in [0.15, 0.2) is 11.4 Å². The summed E-state index contributed by atoms with van der Waals surface area (Å²) in [6, 6.07) is 16.1. The van der Waals surface area contributed by atoms with Crippen molar-refractivity contribution in [3.63, 3.8) is 0 Å². The molecule has 0 radical (unpaired) electrons. The van der Waals surface area contributed by atoms with E-state index in [1.807, 2.05) is 0 Å². The Kier molecular flexibility index (Phi) is 6.89. The predicted octanol–water partition coefficient (Wildman–Crippen LogP) is 8.86. The number of carbonyl (C=O) groups is 1. The van der Waals surface area contributed by atoms with Gasteiger partial charge in [-0.15, -0.1) is 10.2 Å². The molecule has 7 nitrogen and oxygen atoms in total. The van der Waals surface area contributed by atoms with E-state index in [0.29, 0.717) is 17.7 Å². The summed E-state index contributed by atoms with van der Waals surface area (Å²) in [6.07, 6.45) is -9.56. The second kappa shape index (κ2) is 10.3. The number of azo groups is 1. The number of carboxylic acid groups (broad SMARTS) is 1. The maximum atomic E-state index is 13.5. The molecule has 5 rings (SSSR count). The summed E-state index contributed by atoms with van der Waals surface area (Å²) in [7, 11) is 0. The Labute approximate surface area is 232 Å². The van der Waals surface area contributed by atoms with Crippen LogP contribution in [0.2, 0.25) is 0 Å². The molecule has 42 heavy (non-hydrogen) atoms. The Hall–Kier alpha value is -5.33. The quantitative estimate of drug-likeness (QED) is 0.141. The van der Waals surface area contributed by atoms with Crippen molar-refractivity contribution in [2.75, 3.05) is 0 Å². The zero-order valence-electron chi connectivity index (χ0n) is 20.9. The molecule has 0 amide bonds. The van der Waals surface area contributed by atoms with Gasteiger partial charge < -0.3 is 15.3 Å². The zero-order valence-corrected chi connectivity index (χ0v) is 20.9. The minimum Gasteiger partial charge on any atom is -0.505 e. The minimum absolute atomic E-state index is 0.0375. The highest BCUT2D eigenvalue weighted by molar-refractivity contribution is 5.97. The Bertz CT molecular complexity index is 1880. The summed E-state index contributed by atoms with van der Waals surface area (Å²) in [5.74, 6) is -2.39. The van der Waals surface area contributed by atoms with Crippen LogP contribution < -0.4 is 0 Å². The second-order valence-electron chi connectivity index (χ2n) is 9.04. The third-order valence-corrected chi connectivity index (χ3v) is 6.37. The molecule has 5 aromatic rings. The van der Waals surface area contributed by atoms with Gasteiger partial charge in [0, 0.05) is 16.6 Å². The number of halogens is 6. The van der Waals surface area contributed by atoms with E-state index < -0.39 is 41.1 Å². The van der Waals surface area contributed by atoms with Crippen LogP contribution in [0.1, 0.15) is 21.5 Å². The molecule has 0 spiro atoms. The lowest BCUT2D eigenvalue weighted by molar-refractivity contribution is -0.138. The van der Waals surface area contributed by atoms with E-state index in [0.717, 1.165) is 28.8 Å². The molecular formula is C29H17F6N3O4. The highest BCUT2D eigenvalue weighted by atomic mass is 19.4. The summed E-state index contributed by atoms with van der Waals surface area (Å²) in [5.41, 5.74) is -2.79. The number of aromatic hydroxyl groups is 2. The van der Waals surface area contributed by atoms with Crippen molar-refractivity contribution in [3.8, 4) is 28.4 Å². The first-order valence-corrected chi connectivity index (χ1v) is 12.0. The summed E-state index contributed by atoms with van der Waals surface area (Å²) in [4.78, 5) is 11.3. The lowest BCUT2D eigenvalue weighted by atomic mass is 10.0. The van der Waals surface area contributed by atoms with Crippen molar-refractivity contribution in [3.05, 3.63) is 102 Å². The normalized spacial score (nSPS) is 12.3. The number of aromatic nitrogens is 1. The van der Waals surface area contributed by atoms with Crippen molar-refractivity contribution in [2.24, 2.45) is 10.2 Å². The number of hydrogen-bond acceptors (Lipinski definition) is 5. The number of phenols is 1. The summed E-state index contributed by atoms with van der Waals surface area (Å²) < 4.78 is 81.5. The third kappa shape index (κ3) is 5.23. The van der Waals surface area contributed by atoms with Crippen molar-refractivity contribution < 1.29 is 46.5 Å². The van der Waals surface area contributed by atoms with Crippen LogP contribution in [0.3, 0.4) is 0 Å². The second-order valence-corrected chi connectivity index (χ2v) is 9.04. The number of aromatic carboxylic acids is 1. The zero-order chi connectivity index (χ0) is 30.4. The molecule has 0 fully saturated rings. The van der Waals surface area contributed by atoms with E-state index in [2.05, 4.69) is 10.2 Å². The average Bonchev–Trinajstić information content (AvgIpc) is 3.22.